The van der Waals surface area contributed by atoms with Gasteiger partial charge in [0.25, 0.3) is 0 Å². The van der Waals surface area contributed by atoms with Crippen LogP contribution in [-0.4, -0.2) is 22.1 Å². The van der Waals surface area contributed by atoms with Crippen LogP contribution in [0, 0.1) is 5.92 Å². The molecule has 1 aliphatic rings. The minimum atomic E-state index is -0.936. The molecule has 4 nitrogen and oxygen atoms in total. The summed E-state index contributed by atoms with van der Waals surface area (Å²) < 4.78 is 0. The third kappa shape index (κ3) is 2.22. The molecule has 0 radical (unpaired) electrons. The first kappa shape index (κ1) is 12.9. The summed E-state index contributed by atoms with van der Waals surface area (Å²) >= 11 is 0. The molecule has 0 saturated heterocycles. The number of carbonyl (C=O) groups is 1. The van der Waals surface area contributed by atoms with Crippen molar-refractivity contribution in [3.05, 3.63) is 36.0 Å². The summed E-state index contributed by atoms with van der Waals surface area (Å²) in [5.74, 6) is 0.494. The Kier molecular flexibility index (Phi) is 3.30. The Bertz CT molecular complexity index is 654. The second-order valence-corrected chi connectivity index (χ2v) is 5.53. The highest BCUT2D eigenvalue weighted by Crippen LogP contribution is 2.30. The van der Waals surface area contributed by atoms with E-state index in [1.165, 1.54) is 19.0 Å². The third-order valence-corrected chi connectivity index (χ3v) is 4.21. The maximum Gasteiger partial charge on any atom is 0.337 e. The molecule has 0 amide bonds. The van der Waals surface area contributed by atoms with E-state index in [1.807, 2.05) is 24.3 Å². The van der Waals surface area contributed by atoms with Crippen LogP contribution in [0.15, 0.2) is 30.5 Å². The van der Waals surface area contributed by atoms with Gasteiger partial charge in [-0.1, -0.05) is 37.6 Å². The Hall–Kier alpha value is -2.10. The van der Waals surface area contributed by atoms with Gasteiger partial charge in [-0.25, -0.2) is 9.78 Å². The Morgan fingerprint density at radius 3 is 2.70 bits per heavy atom. The standard InChI is InChI=1S/C16H18N2O2/c1-10-5-4-8-14(10)18-15-12-7-3-2-6-11(12)13(9-17-15)16(19)20/h2-3,6-7,9-10,14H,4-5,8H2,1H3,(H,17,18)(H,19,20). The highest BCUT2D eigenvalue weighted by atomic mass is 16.4. The fourth-order valence-electron chi connectivity index (χ4n) is 3.01. The molecule has 2 N–H and O–H groups in total. The first-order valence-corrected chi connectivity index (χ1v) is 7.04. The number of carboxylic acid groups (broad SMARTS) is 1. The molecule has 1 aromatic carbocycles. The Morgan fingerprint density at radius 1 is 1.30 bits per heavy atom. The minimum Gasteiger partial charge on any atom is -0.478 e. The number of benzene rings is 1. The number of anilines is 1. The molecule has 0 bridgehead atoms. The van der Waals surface area contributed by atoms with Gasteiger partial charge in [0, 0.05) is 23.0 Å². The molecular formula is C16H18N2O2. The molecule has 2 aromatic rings. The van der Waals surface area contributed by atoms with Crippen molar-refractivity contribution in [2.24, 2.45) is 5.92 Å². The SMILES string of the molecule is CC1CCCC1Nc1ncc(C(=O)O)c2ccccc12. The smallest absolute Gasteiger partial charge is 0.337 e. The molecule has 20 heavy (non-hydrogen) atoms. The van der Waals surface area contributed by atoms with Crippen LogP contribution >= 0.6 is 0 Å². The maximum atomic E-state index is 11.3. The van der Waals surface area contributed by atoms with Crippen molar-refractivity contribution >= 4 is 22.6 Å². The van der Waals surface area contributed by atoms with Gasteiger partial charge in [0.05, 0.1) is 5.56 Å². The van der Waals surface area contributed by atoms with Crippen LogP contribution in [-0.2, 0) is 0 Å². The predicted molar refractivity (Wildman–Crippen MR) is 79.1 cm³/mol. The zero-order valence-corrected chi connectivity index (χ0v) is 11.5. The van der Waals surface area contributed by atoms with E-state index in [1.54, 1.807) is 0 Å². The van der Waals surface area contributed by atoms with Gasteiger partial charge in [0.1, 0.15) is 5.82 Å². The number of hydrogen-bond acceptors (Lipinski definition) is 3. The van der Waals surface area contributed by atoms with Crippen LogP contribution < -0.4 is 5.32 Å². The van der Waals surface area contributed by atoms with Gasteiger partial charge in [-0.15, -0.1) is 0 Å². The number of carboxylic acids is 1. The summed E-state index contributed by atoms with van der Waals surface area (Å²) in [5.41, 5.74) is 0.255. The number of fused-ring (bicyclic) bond motifs is 1. The number of pyridine rings is 1. The van der Waals surface area contributed by atoms with Crippen molar-refractivity contribution in [1.82, 2.24) is 4.98 Å². The molecule has 3 rings (SSSR count). The average Bonchev–Trinajstić information content (AvgIpc) is 2.84. The molecule has 0 aliphatic heterocycles. The number of nitrogens with one attached hydrogen (secondary N) is 1. The van der Waals surface area contributed by atoms with Gasteiger partial charge in [-0.2, -0.15) is 0 Å². The Balaban J connectivity index is 2.04. The first-order valence-electron chi connectivity index (χ1n) is 7.04. The van der Waals surface area contributed by atoms with Crippen LogP contribution in [0.3, 0.4) is 0 Å². The fraction of sp³-hybridized carbons (Fsp3) is 0.375. The summed E-state index contributed by atoms with van der Waals surface area (Å²) in [6.07, 6.45) is 5.08. The zero-order chi connectivity index (χ0) is 14.1. The quantitative estimate of drug-likeness (QED) is 0.895. The first-order chi connectivity index (χ1) is 9.66. The fourth-order valence-corrected chi connectivity index (χ4v) is 3.01. The largest absolute Gasteiger partial charge is 0.478 e. The van der Waals surface area contributed by atoms with E-state index < -0.39 is 5.97 Å². The van der Waals surface area contributed by atoms with Gasteiger partial charge in [-0.3, -0.25) is 0 Å². The van der Waals surface area contributed by atoms with Crippen molar-refractivity contribution in [2.45, 2.75) is 32.2 Å². The van der Waals surface area contributed by atoms with E-state index in [2.05, 4.69) is 17.2 Å². The molecule has 2 unspecified atom stereocenters. The van der Waals surface area contributed by atoms with Crippen molar-refractivity contribution in [1.29, 1.82) is 0 Å². The summed E-state index contributed by atoms with van der Waals surface area (Å²) in [6.45, 7) is 2.25. The number of aromatic nitrogens is 1. The number of hydrogen-bond donors (Lipinski definition) is 2. The molecule has 2 atom stereocenters. The Labute approximate surface area is 117 Å². The Morgan fingerprint density at radius 2 is 2.05 bits per heavy atom. The number of aromatic carboxylic acids is 1. The molecular weight excluding hydrogens is 252 g/mol. The summed E-state index contributed by atoms with van der Waals surface area (Å²) in [7, 11) is 0. The van der Waals surface area contributed by atoms with E-state index in [0.29, 0.717) is 12.0 Å². The van der Waals surface area contributed by atoms with E-state index in [0.717, 1.165) is 23.0 Å². The lowest BCUT2D eigenvalue weighted by molar-refractivity contribution is 0.0698. The molecule has 1 saturated carbocycles. The van der Waals surface area contributed by atoms with Crippen molar-refractivity contribution in [3.8, 4) is 0 Å². The topological polar surface area (TPSA) is 62.2 Å². The van der Waals surface area contributed by atoms with E-state index in [4.69, 9.17) is 0 Å². The maximum absolute atomic E-state index is 11.3. The minimum absolute atomic E-state index is 0.255. The van der Waals surface area contributed by atoms with Crippen molar-refractivity contribution in [2.75, 3.05) is 5.32 Å². The number of nitrogens with zero attached hydrogens (tertiary/aromatic N) is 1. The molecule has 1 aromatic heterocycles. The third-order valence-electron chi connectivity index (χ3n) is 4.21. The summed E-state index contributed by atoms with van der Waals surface area (Å²) in [4.78, 5) is 15.6. The normalized spacial score (nSPS) is 22.1. The molecule has 1 aliphatic carbocycles. The lowest BCUT2D eigenvalue weighted by Gasteiger charge is -2.19. The van der Waals surface area contributed by atoms with Gasteiger partial charge in [0.15, 0.2) is 0 Å². The highest BCUT2D eigenvalue weighted by Gasteiger charge is 2.24. The molecule has 0 spiro atoms. The van der Waals surface area contributed by atoms with Crippen molar-refractivity contribution in [3.63, 3.8) is 0 Å². The lowest BCUT2D eigenvalue weighted by Crippen LogP contribution is -2.22. The van der Waals surface area contributed by atoms with Gasteiger partial charge >= 0.3 is 5.97 Å². The predicted octanol–water partition coefficient (Wildman–Crippen LogP) is 3.53. The van der Waals surface area contributed by atoms with E-state index in [-0.39, 0.29) is 5.56 Å². The van der Waals surface area contributed by atoms with Crippen LogP contribution in [0.1, 0.15) is 36.5 Å². The zero-order valence-electron chi connectivity index (χ0n) is 11.5. The monoisotopic (exact) mass is 270 g/mol. The van der Waals surface area contributed by atoms with Crippen LogP contribution in [0.4, 0.5) is 5.82 Å². The van der Waals surface area contributed by atoms with Crippen LogP contribution in [0.25, 0.3) is 10.8 Å². The number of rotatable bonds is 3. The van der Waals surface area contributed by atoms with Gasteiger partial charge < -0.3 is 10.4 Å². The van der Waals surface area contributed by atoms with Crippen LogP contribution in [0.2, 0.25) is 0 Å². The van der Waals surface area contributed by atoms with Gasteiger partial charge in [0.2, 0.25) is 0 Å². The average molecular weight is 270 g/mol. The highest BCUT2D eigenvalue weighted by molar-refractivity contribution is 6.06. The molecule has 1 heterocycles. The van der Waals surface area contributed by atoms with Crippen molar-refractivity contribution < 1.29 is 9.90 Å². The second-order valence-electron chi connectivity index (χ2n) is 5.53. The summed E-state index contributed by atoms with van der Waals surface area (Å²) in [5, 5.41) is 14.4. The van der Waals surface area contributed by atoms with Gasteiger partial charge in [-0.05, 0) is 18.8 Å². The molecule has 4 heteroatoms. The molecule has 104 valence electrons. The van der Waals surface area contributed by atoms with E-state index >= 15 is 0 Å². The summed E-state index contributed by atoms with van der Waals surface area (Å²) in [6, 6.07) is 7.97. The second kappa shape index (κ2) is 5.12. The molecule has 1 fully saturated rings. The lowest BCUT2D eigenvalue weighted by atomic mass is 10.0. The van der Waals surface area contributed by atoms with Crippen LogP contribution in [0.5, 0.6) is 0 Å². The van der Waals surface area contributed by atoms with E-state index in [9.17, 15) is 9.90 Å².